The molecule has 0 aliphatic heterocycles. The summed E-state index contributed by atoms with van der Waals surface area (Å²) in [7, 11) is 0. The van der Waals surface area contributed by atoms with Crippen molar-refractivity contribution in [3.05, 3.63) is 25.2 Å². The Balaban J connectivity index is 2.40. The van der Waals surface area contributed by atoms with Crippen LogP contribution >= 0.6 is 0 Å². The van der Waals surface area contributed by atoms with Gasteiger partial charge in [-0.25, -0.2) is 4.98 Å². The molecule has 1 N–H and O–H groups in total. The van der Waals surface area contributed by atoms with E-state index < -0.39 is 0 Å². The van der Waals surface area contributed by atoms with Gasteiger partial charge >= 0.3 is 0 Å². The van der Waals surface area contributed by atoms with Gasteiger partial charge in [0.15, 0.2) is 5.82 Å². The van der Waals surface area contributed by atoms with Crippen molar-refractivity contribution in [2.24, 2.45) is 0 Å². The summed E-state index contributed by atoms with van der Waals surface area (Å²) in [5.41, 5.74) is 0. The molecule has 10 heavy (non-hydrogen) atoms. The molecule has 0 bridgehead atoms. The van der Waals surface area contributed by atoms with Crippen LogP contribution in [0.15, 0.2) is 12.4 Å². The Morgan fingerprint density at radius 1 is 1.70 bits per heavy atom. The Labute approximate surface area is 60.2 Å². The van der Waals surface area contributed by atoms with E-state index in [2.05, 4.69) is 22.1 Å². The van der Waals surface area contributed by atoms with Crippen molar-refractivity contribution in [2.75, 3.05) is 0 Å². The average Bonchev–Trinajstić information content (AvgIpc) is 2.41. The first-order valence-electron chi connectivity index (χ1n) is 3.25. The number of unbranched alkanes of at least 4 members (excludes halogenated alkanes) is 1. The van der Waals surface area contributed by atoms with Gasteiger partial charge in [0.05, 0.1) is 0 Å². The van der Waals surface area contributed by atoms with Crippen molar-refractivity contribution in [3.8, 4) is 0 Å². The number of hydrogen-bond donors (Lipinski definition) is 1. The fourth-order valence-electron chi connectivity index (χ4n) is 0.606. The zero-order valence-electron chi connectivity index (χ0n) is 5.75. The monoisotopic (exact) mass is 136 g/mol. The van der Waals surface area contributed by atoms with Gasteiger partial charge in [-0.1, -0.05) is 13.0 Å². The molecule has 1 heterocycles. The molecule has 1 radical (unpaired) electrons. The van der Waals surface area contributed by atoms with E-state index >= 15 is 0 Å². The Hall–Kier alpha value is -1.12. The van der Waals surface area contributed by atoms with E-state index in [0.717, 1.165) is 18.7 Å². The van der Waals surface area contributed by atoms with Gasteiger partial charge in [0.1, 0.15) is 6.33 Å². The summed E-state index contributed by atoms with van der Waals surface area (Å²) in [6.45, 7) is 3.70. The van der Waals surface area contributed by atoms with Crippen LogP contribution < -0.4 is 0 Å². The zero-order valence-corrected chi connectivity index (χ0v) is 5.75. The summed E-state index contributed by atoms with van der Waals surface area (Å²) >= 11 is 0. The fraction of sp³-hybridized carbons (Fsp3) is 0.286. The van der Waals surface area contributed by atoms with Crippen molar-refractivity contribution in [3.63, 3.8) is 0 Å². The van der Waals surface area contributed by atoms with Crippen LogP contribution in [0.5, 0.6) is 0 Å². The number of aromatic amines is 1. The van der Waals surface area contributed by atoms with Crippen LogP contribution in [-0.2, 0) is 0 Å². The molecule has 53 valence electrons. The van der Waals surface area contributed by atoms with Crippen LogP contribution in [0.4, 0.5) is 0 Å². The summed E-state index contributed by atoms with van der Waals surface area (Å²) in [6.07, 6.45) is 7.34. The molecule has 0 aromatic carbocycles. The first-order valence-corrected chi connectivity index (χ1v) is 3.25. The van der Waals surface area contributed by atoms with E-state index in [1.54, 1.807) is 6.33 Å². The average molecular weight is 136 g/mol. The maximum atomic E-state index is 3.91. The van der Waals surface area contributed by atoms with E-state index in [1.807, 2.05) is 12.2 Å². The molecular formula is C7H10N3. The maximum absolute atomic E-state index is 3.91. The van der Waals surface area contributed by atoms with Crippen LogP contribution in [0.1, 0.15) is 18.7 Å². The first kappa shape index (κ1) is 6.99. The van der Waals surface area contributed by atoms with Crippen LogP contribution in [0.2, 0.25) is 0 Å². The largest absolute Gasteiger partial charge is 0.266 e. The zero-order chi connectivity index (χ0) is 7.23. The molecule has 3 nitrogen and oxygen atoms in total. The summed E-state index contributed by atoms with van der Waals surface area (Å²) in [4.78, 5) is 3.91. The Morgan fingerprint density at radius 2 is 2.60 bits per heavy atom. The summed E-state index contributed by atoms with van der Waals surface area (Å²) in [5.74, 6) is 0.730. The molecule has 0 saturated heterocycles. The Bertz CT molecular complexity index is 189. The van der Waals surface area contributed by atoms with Gasteiger partial charge < -0.3 is 0 Å². The summed E-state index contributed by atoms with van der Waals surface area (Å²) < 4.78 is 0. The molecule has 0 spiro atoms. The second kappa shape index (κ2) is 3.82. The number of nitrogens with zero attached hydrogens (tertiary/aromatic N) is 2. The lowest BCUT2D eigenvalue weighted by molar-refractivity contribution is 1.05. The number of hydrogen-bond acceptors (Lipinski definition) is 2. The second-order valence-electron chi connectivity index (χ2n) is 1.90. The number of nitrogens with one attached hydrogen (secondary N) is 1. The molecule has 1 aromatic rings. The smallest absolute Gasteiger partial charge is 0.173 e. The molecule has 0 amide bonds. The minimum atomic E-state index is 0.730. The lowest BCUT2D eigenvalue weighted by Crippen LogP contribution is -1.73. The van der Waals surface area contributed by atoms with Crippen molar-refractivity contribution in [2.45, 2.75) is 12.8 Å². The fourth-order valence-corrected chi connectivity index (χ4v) is 0.606. The van der Waals surface area contributed by atoms with Crippen LogP contribution in [0, 0.1) is 6.92 Å². The topological polar surface area (TPSA) is 41.6 Å². The highest BCUT2D eigenvalue weighted by Crippen LogP contribution is 1.93. The van der Waals surface area contributed by atoms with Gasteiger partial charge in [-0.3, -0.25) is 5.10 Å². The Morgan fingerprint density at radius 3 is 3.20 bits per heavy atom. The predicted octanol–water partition coefficient (Wildman–Crippen LogP) is 1.43. The number of H-pyrrole nitrogens is 1. The third-order valence-corrected chi connectivity index (χ3v) is 1.07. The van der Waals surface area contributed by atoms with E-state index in [4.69, 9.17) is 0 Å². The summed E-state index contributed by atoms with van der Waals surface area (Å²) in [5, 5.41) is 6.47. The van der Waals surface area contributed by atoms with Gasteiger partial charge in [-0.15, -0.1) is 0 Å². The SMILES string of the molecule is [CH2]CCC=Cc1nc[nH]n1. The van der Waals surface area contributed by atoms with E-state index in [1.165, 1.54) is 0 Å². The van der Waals surface area contributed by atoms with Crippen molar-refractivity contribution >= 4 is 6.08 Å². The second-order valence-corrected chi connectivity index (χ2v) is 1.90. The normalized spacial score (nSPS) is 10.9. The number of rotatable bonds is 3. The minimum Gasteiger partial charge on any atom is -0.266 e. The van der Waals surface area contributed by atoms with Crippen molar-refractivity contribution < 1.29 is 0 Å². The number of allylic oxidation sites excluding steroid dienone is 1. The molecule has 0 saturated carbocycles. The van der Waals surface area contributed by atoms with Crippen molar-refractivity contribution in [1.29, 1.82) is 0 Å². The molecule has 0 aliphatic carbocycles. The third-order valence-electron chi connectivity index (χ3n) is 1.07. The standard InChI is InChI=1S/C7H10N3/c1-2-3-4-5-7-8-6-9-10-7/h4-6H,1-3H2,(H,8,9,10). The van der Waals surface area contributed by atoms with Gasteiger partial charge in [0.25, 0.3) is 0 Å². The van der Waals surface area contributed by atoms with Crippen LogP contribution in [0.25, 0.3) is 6.08 Å². The summed E-state index contributed by atoms with van der Waals surface area (Å²) in [6, 6.07) is 0. The molecule has 3 heteroatoms. The van der Waals surface area contributed by atoms with Gasteiger partial charge in [-0.2, -0.15) is 5.10 Å². The van der Waals surface area contributed by atoms with Crippen LogP contribution in [0.3, 0.4) is 0 Å². The van der Waals surface area contributed by atoms with Gasteiger partial charge in [0.2, 0.25) is 0 Å². The third kappa shape index (κ3) is 2.01. The first-order chi connectivity index (χ1) is 4.93. The van der Waals surface area contributed by atoms with Gasteiger partial charge in [-0.05, 0) is 18.9 Å². The highest BCUT2D eigenvalue weighted by atomic mass is 15.2. The lowest BCUT2D eigenvalue weighted by atomic mass is 10.3. The molecule has 1 aromatic heterocycles. The highest BCUT2D eigenvalue weighted by Gasteiger charge is 1.85. The molecule has 0 atom stereocenters. The van der Waals surface area contributed by atoms with Gasteiger partial charge in [0, 0.05) is 0 Å². The predicted molar refractivity (Wildman–Crippen MR) is 40.0 cm³/mol. The molecule has 1 rings (SSSR count). The van der Waals surface area contributed by atoms with E-state index in [0.29, 0.717) is 0 Å². The van der Waals surface area contributed by atoms with Crippen LogP contribution in [-0.4, -0.2) is 15.2 Å². The highest BCUT2D eigenvalue weighted by molar-refractivity contribution is 5.38. The molecule has 0 unspecified atom stereocenters. The van der Waals surface area contributed by atoms with Crippen molar-refractivity contribution in [1.82, 2.24) is 15.2 Å². The molecule has 0 fully saturated rings. The Kier molecular flexibility index (Phi) is 2.67. The number of aromatic nitrogens is 3. The van der Waals surface area contributed by atoms with E-state index in [9.17, 15) is 0 Å². The quantitative estimate of drug-likeness (QED) is 0.683. The van der Waals surface area contributed by atoms with E-state index in [-0.39, 0.29) is 0 Å². The maximum Gasteiger partial charge on any atom is 0.173 e. The molecule has 0 aliphatic rings. The lowest BCUT2D eigenvalue weighted by Gasteiger charge is -1.80. The molecular weight excluding hydrogens is 126 g/mol. The minimum absolute atomic E-state index is 0.730.